The Morgan fingerprint density at radius 1 is 0.358 bits per heavy atom. The highest BCUT2D eigenvalue weighted by molar-refractivity contribution is 5.47. The van der Waals surface area contributed by atoms with Crippen molar-refractivity contribution in [3.8, 4) is 23.0 Å². The SMILES string of the molecule is CC1CC(C)(C)CC(c2ccc(O)cc2)(c2ccc(O)cc2)C1.Cc1ccc(C2(c3ccc(O)cc3)CC(C)(C)CC2C)cc1.Cc1ccc(C2(c3ccc(O)cc3)CCCC(C)(C)C2)cc1. The van der Waals surface area contributed by atoms with Gasteiger partial charge in [0.15, 0.2) is 0 Å². The van der Waals surface area contributed by atoms with Gasteiger partial charge in [-0.05, 0) is 175 Å². The Hall–Kier alpha value is -5.48. The van der Waals surface area contributed by atoms with Gasteiger partial charge in [0, 0.05) is 16.2 Å². The van der Waals surface area contributed by atoms with Gasteiger partial charge in [0.25, 0.3) is 0 Å². The number of benzene rings is 6. The highest BCUT2D eigenvalue weighted by Crippen LogP contribution is 2.58. The predicted molar refractivity (Wildman–Crippen MR) is 278 cm³/mol. The van der Waals surface area contributed by atoms with Crippen LogP contribution in [0.25, 0.3) is 0 Å². The van der Waals surface area contributed by atoms with Crippen molar-refractivity contribution in [3.05, 3.63) is 190 Å². The third-order valence-electron chi connectivity index (χ3n) is 15.9. The second-order valence-corrected chi connectivity index (χ2v) is 23.6. The summed E-state index contributed by atoms with van der Waals surface area (Å²) in [4.78, 5) is 0. The lowest BCUT2D eigenvalue weighted by Crippen LogP contribution is -2.41. The number of aryl methyl sites for hydroxylation is 2. The molecule has 0 heterocycles. The van der Waals surface area contributed by atoms with Crippen LogP contribution in [0.5, 0.6) is 23.0 Å². The van der Waals surface area contributed by atoms with Crippen LogP contribution in [0.15, 0.2) is 146 Å². The molecular weight excluding hydrogens is 821 g/mol. The molecule has 0 amide bonds. The van der Waals surface area contributed by atoms with Crippen LogP contribution in [0.1, 0.15) is 158 Å². The Balaban J connectivity index is 0.000000149. The first kappa shape index (κ1) is 49.4. The molecule has 0 aromatic heterocycles. The summed E-state index contributed by atoms with van der Waals surface area (Å²) in [6.45, 7) is 23.2. The van der Waals surface area contributed by atoms with Gasteiger partial charge in [0.05, 0.1) is 0 Å². The molecule has 4 N–H and O–H groups in total. The molecule has 67 heavy (non-hydrogen) atoms. The van der Waals surface area contributed by atoms with Gasteiger partial charge in [0.1, 0.15) is 23.0 Å². The summed E-state index contributed by atoms with van der Waals surface area (Å²) in [5.74, 6) is 2.50. The summed E-state index contributed by atoms with van der Waals surface area (Å²) in [5, 5.41) is 38.6. The van der Waals surface area contributed by atoms with Gasteiger partial charge in [-0.1, -0.05) is 170 Å². The van der Waals surface area contributed by atoms with Crippen molar-refractivity contribution >= 4 is 0 Å². The van der Waals surface area contributed by atoms with Crippen LogP contribution in [-0.4, -0.2) is 20.4 Å². The fourth-order valence-electron chi connectivity index (χ4n) is 13.5. The molecule has 4 heteroatoms. The van der Waals surface area contributed by atoms with Gasteiger partial charge in [-0.25, -0.2) is 0 Å². The van der Waals surface area contributed by atoms with Gasteiger partial charge in [-0.3, -0.25) is 0 Å². The highest BCUT2D eigenvalue weighted by Gasteiger charge is 2.51. The lowest BCUT2D eigenvalue weighted by atomic mass is 9.55. The third kappa shape index (κ3) is 11.0. The summed E-state index contributed by atoms with van der Waals surface area (Å²) < 4.78 is 0. The van der Waals surface area contributed by atoms with Crippen LogP contribution in [0.4, 0.5) is 0 Å². The molecule has 0 radical (unpaired) electrons. The fraction of sp³-hybridized carbons (Fsp3) is 0.429. The molecule has 6 aromatic carbocycles. The quantitative estimate of drug-likeness (QED) is 0.134. The minimum atomic E-state index is -0.0669. The molecule has 3 saturated carbocycles. The molecule has 4 nitrogen and oxygen atoms in total. The molecule has 3 aliphatic carbocycles. The van der Waals surface area contributed by atoms with Crippen molar-refractivity contribution in [2.24, 2.45) is 28.1 Å². The van der Waals surface area contributed by atoms with E-state index in [9.17, 15) is 20.4 Å². The number of phenolic OH excluding ortho intramolecular Hbond substituents is 4. The molecule has 6 aromatic rings. The molecule has 0 bridgehead atoms. The standard InChI is InChI=1S/C21H26O2.2C21H26O/c1-15-12-20(2,3)14-21(13-15,16-4-8-18(22)9-5-16)17-6-10-19(23)11-7-17;1-15-5-7-17(8-6-15)21(14-20(3,4)13-16(21)2)18-9-11-19(22)12-10-18;1-16-5-7-17(8-6-16)21(14-4-13-20(2,3)15-21)18-9-11-19(22)12-10-18/h4-11,15,22-23H,12-14H2,1-3H3;5-12,16,22H,13-14H2,1-4H3;5-12,22H,4,13-15H2,1-3H3. The van der Waals surface area contributed by atoms with Crippen LogP contribution >= 0.6 is 0 Å². The number of hydrogen-bond acceptors (Lipinski definition) is 4. The Kier molecular flexibility index (Phi) is 14.2. The lowest BCUT2D eigenvalue weighted by molar-refractivity contribution is 0.127. The molecule has 4 unspecified atom stereocenters. The monoisotopic (exact) mass is 899 g/mol. The molecule has 3 fully saturated rings. The minimum Gasteiger partial charge on any atom is -0.508 e. The van der Waals surface area contributed by atoms with Crippen LogP contribution in [0.3, 0.4) is 0 Å². The van der Waals surface area contributed by atoms with E-state index in [4.69, 9.17) is 0 Å². The zero-order valence-corrected chi connectivity index (χ0v) is 42.2. The highest BCUT2D eigenvalue weighted by atomic mass is 16.3. The van der Waals surface area contributed by atoms with E-state index >= 15 is 0 Å². The van der Waals surface area contributed by atoms with E-state index in [1.807, 2.05) is 24.3 Å². The first-order valence-electron chi connectivity index (χ1n) is 24.9. The van der Waals surface area contributed by atoms with Crippen molar-refractivity contribution in [1.29, 1.82) is 0 Å². The largest absolute Gasteiger partial charge is 0.508 e. The van der Waals surface area contributed by atoms with Gasteiger partial charge in [-0.15, -0.1) is 0 Å². The maximum atomic E-state index is 9.67. The summed E-state index contributed by atoms with van der Waals surface area (Å²) in [7, 11) is 0. The Morgan fingerprint density at radius 2 is 0.687 bits per heavy atom. The predicted octanol–water partition coefficient (Wildman–Crippen LogP) is 16.3. The van der Waals surface area contributed by atoms with Gasteiger partial charge in [0.2, 0.25) is 0 Å². The zero-order valence-electron chi connectivity index (χ0n) is 42.2. The average molecular weight is 899 g/mol. The molecule has 9 rings (SSSR count). The van der Waals surface area contributed by atoms with Crippen LogP contribution in [0.2, 0.25) is 0 Å². The van der Waals surface area contributed by atoms with Crippen molar-refractivity contribution in [2.75, 3.05) is 0 Å². The maximum absolute atomic E-state index is 9.67. The zero-order chi connectivity index (χ0) is 48.4. The Morgan fingerprint density at radius 3 is 1.04 bits per heavy atom. The van der Waals surface area contributed by atoms with Gasteiger partial charge < -0.3 is 20.4 Å². The summed E-state index contributed by atoms with van der Waals surface area (Å²) in [5.41, 5.74) is 11.6. The Bertz CT molecular complexity index is 2390. The van der Waals surface area contributed by atoms with Crippen molar-refractivity contribution in [2.45, 2.75) is 143 Å². The maximum Gasteiger partial charge on any atom is 0.115 e. The minimum absolute atomic E-state index is 0.0465. The topological polar surface area (TPSA) is 80.9 Å². The van der Waals surface area contributed by atoms with E-state index in [0.717, 1.165) is 25.7 Å². The van der Waals surface area contributed by atoms with Crippen molar-refractivity contribution in [1.82, 2.24) is 0 Å². The van der Waals surface area contributed by atoms with Crippen LogP contribution in [0, 0.1) is 41.9 Å². The molecular formula is C63H78O4. The van der Waals surface area contributed by atoms with Crippen LogP contribution < -0.4 is 0 Å². The first-order valence-corrected chi connectivity index (χ1v) is 24.9. The summed E-state index contributed by atoms with van der Waals surface area (Å²) in [6, 6.07) is 49.1. The third-order valence-corrected chi connectivity index (χ3v) is 15.9. The second kappa shape index (κ2) is 19.3. The summed E-state index contributed by atoms with van der Waals surface area (Å²) in [6.07, 6.45) is 10.6. The second-order valence-electron chi connectivity index (χ2n) is 23.6. The summed E-state index contributed by atoms with van der Waals surface area (Å²) >= 11 is 0. The normalized spacial score (nSPS) is 24.6. The van der Waals surface area contributed by atoms with E-state index < -0.39 is 0 Å². The van der Waals surface area contributed by atoms with Crippen LogP contribution in [-0.2, 0) is 16.2 Å². The smallest absolute Gasteiger partial charge is 0.115 e. The van der Waals surface area contributed by atoms with E-state index in [1.54, 1.807) is 24.3 Å². The van der Waals surface area contributed by atoms with Gasteiger partial charge in [-0.2, -0.15) is 0 Å². The molecule has 0 aliphatic heterocycles. The lowest BCUT2D eigenvalue weighted by Gasteiger charge is -2.48. The first-order chi connectivity index (χ1) is 31.6. The molecule has 3 aliphatic rings. The van der Waals surface area contributed by atoms with E-state index in [1.165, 1.54) is 76.6 Å². The molecule has 354 valence electrons. The van der Waals surface area contributed by atoms with E-state index in [-0.39, 0.29) is 21.7 Å². The van der Waals surface area contributed by atoms with E-state index in [0.29, 0.717) is 45.7 Å². The molecule has 4 atom stereocenters. The van der Waals surface area contributed by atoms with Crippen molar-refractivity contribution in [3.63, 3.8) is 0 Å². The number of phenols is 4. The van der Waals surface area contributed by atoms with E-state index in [2.05, 4.69) is 166 Å². The number of rotatable bonds is 6. The average Bonchev–Trinajstić information content (AvgIpc) is 3.52. The molecule has 0 saturated heterocycles. The van der Waals surface area contributed by atoms with Crippen molar-refractivity contribution < 1.29 is 20.4 Å². The number of hydrogen-bond donors (Lipinski definition) is 4. The van der Waals surface area contributed by atoms with Gasteiger partial charge >= 0.3 is 0 Å². The number of aromatic hydroxyl groups is 4. The fourth-order valence-corrected chi connectivity index (χ4v) is 13.5. The molecule has 0 spiro atoms. The Labute approximate surface area is 403 Å².